The molecule has 1 saturated heterocycles. The van der Waals surface area contributed by atoms with Crippen LogP contribution in [0.5, 0.6) is 0 Å². The van der Waals surface area contributed by atoms with Crippen molar-refractivity contribution in [3.05, 3.63) is 0 Å². The zero-order chi connectivity index (χ0) is 12.0. The number of hydrazine groups is 1. The summed E-state index contributed by atoms with van der Waals surface area (Å²) in [7, 11) is 0. The van der Waals surface area contributed by atoms with E-state index in [2.05, 4.69) is 19.3 Å². The van der Waals surface area contributed by atoms with Crippen LogP contribution in [0.25, 0.3) is 0 Å². The van der Waals surface area contributed by atoms with Gasteiger partial charge in [-0.2, -0.15) is 0 Å². The van der Waals surface area contributed by atoms with Gasteiger partial charge in [0.2, 0.25) is 0 Å². The second-order valence-electron chi connectivity index (χ2n) is 4.81. The zero-order valence-corrected chi connectivity index (χ0v) is 10.7. The number of hydrogen-bond donors (Lipinski definition) is 2. The molecule has 0 aromatic rings. The van der Waals surface area contributed by atoms with Gasteiger partial charge in [-0.3, -0.25) is 11.3 Å². The van der Waals surface area contributed by atoms with E-state index < -0.39 is 0 Å². The molecule has 0 aromatic carbocycles. The monoisotopic (exact) mass is 230 g/mol. The molecule has 4 heteroatoms. The topological polar surface area (TPSA) is 56.5 Å². The fraction of sp³-hybridized carbons (Fsp3) is 1.00. The van der Waals surface area contributed by atoms with Gasteiger partial charge in [0.1, 0.15) is 0 Å². The molecule has 0 bridgehead atoms. The summed E-state index contributed by atoms with van der Waals surface area (Å²) in [6, 6.07) is 0.240. The first kappa shape index (κ1) is 13.9. The first-order valence-corrected chi connectivity index (χ1v) is 6.36. The maximum atomic E-state index is 5.83. The van der Waals surface area contributed by atoms with E-state index in [1.54, 1.807) is 0 Å². The van der Waals surface area contributed by atoms with E-state index >= 15 is 0 Å². The van der Waals surface area contributed by atoms with E-state index in [-0.39, 0.29) is 12.1 Å². The zero-order valence-electron chi connectivity index (χ0n) is 10.7. The molecule has 1 heterocycles. The Labute approximate surface area is 98.8 Å². The Hall–Kier alpha value is -0.160. The Morgan fingerprint density at radius 1 is 1.38 bits per heavy atom. The minimum absolute atomic E-state index is 0.193. The molecule has 96 valence electrons. The molecule has 3 N–H and O–H groups in total. The molecule has 0 aliphatic carbocycles. The van der Waals surface area contributed by atoms with Crippen LogP contribution in [0.4, 0.5) is 0 Å². The smallest absolute Gasteiger partial charge is 0.0766 e. The summed E-state index contributed by atoms with van der Waals surface area (Å²) < 4.78 is 11.2. The van der Waals surface area contributed by atoms with Gasteiger partial charge in [-0.1, -0.05) is 13.8 Å². The lowest BCUT2D eigenvalue weighted by Crippen LogP contribution is -2.53. The number of nitrogens with one attached hydrogen (secondary N) is 1. The van der Waals surface area contributed by atoms with Gasteiger partial charge in [0.25, 0.3) is 0 Å². The molecular formula is C12H26N2O2. The van der Waals surface area contributed by atoms with Crippen molar-refractivity contribution in [2.75, 3.05) is 19.8 Å². The number of ether oxygens (including phenoxy) is 2. The lowest BCUT2D eigenvalue weighted by atomic mass is 9.84. The Balaban J connectivity index is 2.60. The number of nitrogens with two attached hydrogens (primary N) is 1. The summed E-state index contributed by atoms with van der Waals surface area (Å²) in [5, 5.41) is 0. The average molecular weight is 230 g/mol. The Kier molecular flexibility index (Phi) is 6.28. The van der Waals surface area contributed by atoms with Gasteiger partial charge in [-0.25, -0.2) is 0 Å². The molecular weight excluding hydrogens is 204 g/mol. The summed E-state index contributed by atoms with van der Waals surface area (Å²) in [5.74, 6) is 6.74. The third-order valence-corrected chi connectivity index (χ3v) is 3.34. The minimum atomic E-state index is 0.193. The molecule has 0 radical (unpaired) electrons. The van der Waals surface area contributed by atoms with Crippen LogP contribution in [-0.2, 0) is 9.47 Å². The number of hydrogen-bond acceptors (Lipinski definition) is 4. The van der Waals surface area contributed by atoms with Crippen molar-refractivity contribution in [2.24, 2.45) is 17.7 Å². The van der Waals surface area contributed by atoms with Crippen LogP contribution in [0.2, 0.25) is 0 Å². The van der Waals surface area contributed by atoms with Crippen molar-refractivity contribution in [2.45, 2.75) is 45.8 Å². The normalized spacial score (nSPS) is 22.3. The highest BCUT2D eigenvalue weighted by Crippen LogP contribution is 2.25. The molecule has 0 amide bonds. The summed E-state index contributed by atoms with van der Waals surface area (Å²) in [6.45, 7) is 8.84. The third kappa shape index (κ3) is 3.70. The second-order valence-corrected chi connectivity index (χ2v) is 4.81. The highest BCUT2D eigenvalue weighted by atomic mass is 16.5. The molecule has 1 aliphatic heterocycles. The average Bonchev–Trinajstić information content (AvgIpc) is 2.30. The van der Waals surface area contributed by atoms with Crippen molar-refractivity contribution < 1.29 is 9.47 Å². The van der Waals surface area contributed by atoms with Crippen LogP contribution < -0.4 is 11.3 Å². The van der Waals surface area contributed by atoms with Crippen LogP contribution in [0.15, 0.2) is 0 Å². The third-order valence-electron chi connectivity index (χ3n) is 3.34. The van der Waals surface area contributed by atoms with Crippen molar-refractivity contribution in [3.8, 4) is 0 Å². The van der Waals surface area contributed by atoms with Crippen molar-refractivity contribution in [1.29, 1.82) is 0 Å². The standard InChI is InChI=1S/C12H26N2O2/c1-4-16-12(9(2)3)11(14-13)10-5-7-15-8-6-10/h9-12,14H,4-8,13H2,1-3H3. The number of rotatable bonds is 6. The van der Waals surface area contributed by atoms with Gasteiger partial charge in [0, 0.05) is 19.8 Å². The van der Waals surface area contributed by atoms with Crippen molar-refractivity contribution in [1.82, 2.24) is 5.43 Å². The van der Waals surface area contributed by atoms with Crippen LogP contribution in [0.1, 0.15) is 33.6 Å². The predicted octanol–water partition coefficient (Wildman–Crippen LogP) is 1.31. The second kappa shape index (κ2) is 7.22. The fourth-order valence-electron chi connectivity index (χ4n) is 2.48. The molecule has 16 heavy (non-hydrogen) atoms. The SMILES string of the molecule is CCOC(C(C)C)C(NN)C1CCOCC1. The van der Waals surface area contributed by atoms with Crippen LogP contribution in [0.3, 0.4) is 0 Å². The fourth-order valence-corrected chi connectivity index (χ4v) is 2.48. The summed E-state index contributed by atoms with van der Waals surface area (Å²) in [4.78, 5) is 0. The van der Waals surface area contributed by atoms with Crippen molar-refractivity contribution in [3.63, 3.8) is 0 Å². The first-order chi connectivity index (χ1) is 7.70. The maximum absolute atomic E-state index is 5.83. The first-order valence-electron chi connectivity index (χ1n) is 6.36. The quantitative estimate of drug-likeness (QED) is 0.533. The maximum Gasteiger partial charge on any atom is 0.0766 e. The van der Waals surface area contributed by atoms with Gasteiger partial charge in [-0.15, -0.1) is 0 Å². The van der Waals surface area contributed by atoms with Gasteiger partial charge >= 0.3 is 0 Å². The predicted molar refractivity (Wildman–Crippen MR) is 64.9 cm³/mol. The highest BCUT2D eigenvalue weighted by molar-refractivity contribution is 4.85. The summed E-state index contributed by atoms with van der Waals surface area (Å²) in [6.07, 6.45) is 2.34. The Morgan fingerprint density at radius 2 is 2.00 bits per heavy atom. The Morgan fingerprint density at radius 3 is 2.44 bits per heavy atom. The molecule has 2 unspecified atom stereocenters. The van der Waals surface area contributed by atoms with Gasteiger partial charge in [0.05, 0.1) is 12.1 Å². The molecule has 2 atom stereocenters. The van der Waals surface area contributed by atoms with Gasteiger partial charge in [0.15, 0.2) is 0 Å². The van der Waals surface area contributed by atoms with Crippen LogP contribution in [-0.4, -0.2) is 32.0 Å². The van der Waals surface area contributed by atoms with E-state index in [9.17, 15) is 0 Å². The van der Waals surface area contributed by atoms with Crippen molar-refractivity contribution >= 4 is 0 Å². The van der Waals surface area contributed by atoms with Gasteiger partial charge in [-0.05, 0) is 31.6 Å². The van der Waals surface area contributed by atoms with E-state index in [1.807, 2.05) is 6.92 Å². The molecule has 0 saturated carbocycles. The van der Waals surface area contributed by atoms with E-state index in [0.29, 0.717) is 11.8 Å². The molecule has 1 rings (SSSR count). The summed E-state index contributed by atoms with van der Waals surface area (Å²) in [5.41, 5.74) is 2.96. The lowest BCUT2D eigenvalue weighted by Gasteiger charge is -2.37. The van der Waals surface area contributed by atoms with E-state index in [1.165, 1.54) is 0 Å². The van der Waals surface area contributed by atoms with Gasteiger partial charge < -0.3 is 9.47 Å². The van der Waals surface area contributed by atoms with E-state index in [4.69, 9.17) is 15.3 Å². The Bertz CT molecular complexity index is 182. The highest BCUT2D eigenvalue weighted by Gasteiger charge is 2.32. The molecule has 1 fully saturated rings. The van der Waals surface area contributed by atoms with Crippen LogP contribution in [0, 0.1) is 11.8 Å². The molecule has 4 nitrogen and oxygen atoms in total. The minimum Gasteiger partial charge on any atom is -0.381 e. The van der Waals surface area contributed by atoms with Crippen LogP contribution >= 0.6 is 0 Å². The van der Waals surface area contributed by atoms with E-state index in [0.717, 1.165) is 32.7 Å². The molecule has 0 spiro atoms. The molecule has 1 aliphatic rings. The lowest BCUT2D eigenvalue weighted by molar-refractivity contribution is -0.0332. The summed E-state index contributed by atoms with van der Waals surface area (Å²) >= 11 is 0. The largest absolute Gasteiger partial charge is 0.381 e. The molecule has 0 aromatic heterocycles.